The first-order valence-electron chi connectivity index (χ1n) is 11.5. The van der Waals surface area contributed by atoms with Crippen LogP contribution in [0.5, 0.6) is 23.0 Å². The monoisotopic (exact) mass is 502 g/mol. The van der Waals surface area contributed by atoms with Crippen molar-refractivity contribution in [2.24, 2.45) is 0 Å². The lowest BCUT2D eigenvalue weighted by molar-refractivity contribution is -0.137. The highest BCUT2D eigenvalue weighted by atomic mass is 16.5. The van der Waals surface area contributed by atoms with Crippen LogP contribution in [0.2, 0.25) is 0 Å². The van der Waals surface area contributed by atoms with Crippen LogP contribution < -0.4 is 29.2 Å². The molecule has 2 heterocycles. The van der Waals surface area contributed by atoms with Crippen molar-refractivity contribution in [1.82, 2.24) is 9.97 Å². The van der Waals surface area contributed by atoms with E-state index in [0.717, 1.165) is 5.52 Å². The number of para-hydroxylation sites is 2. The van der Waals surface area contributed by atoms with E-state index >= 15 is 0 Å². The Balaban J connectivity index is 1.62. The third-order valence-corrected chi connectivity index (χ3v) is 6.46. The quantitative estimate of drug-likeness (QED) is 0.352. The fraction of sp³-hybridized carbons (Fsp3) is 0.222. The number of amides is 2. The van der Waals surface area contributed by atoms with Crippen LogP contribution in [0.3, 0.4) is 0 Å². The molecule has 0 spiro atoms. The molecule has 1 atom stereocenters. The maximum atomic E-state index is 14.1. The van der Waals surface area contributed by atoms with Gasteiger partial charge in [-0.3, -0.25) is 14.5 Å². The largest absolute Gasteiger partial charge is 0.493 e. The van der Waals surface area contributed by atoms with Crippen molar-refractivity contribution in [3.8, 4) is 23.0 Å². The van der Waals surface area contributed by atoms with Gasteiger partial charge in [0.2, 0.25) is 5.91 Å². The molecule has 2 N–H and O–H groups in total. The molecule has 0 saturated carbocycles. The minimum atomic E-state index is -1.44. The lowest BCUT2D eigenvalue weighted by atomic mass is 9.81. The van der Waals surface area contributed by atoms with E-state index in [-0.39, 0.29) is 12.3 Å². The summed E-state index contributed by atoms with van der Waals surface area (Å²) in [5, 5.41) is 2.94. The van der Waals surface area contributed by atoms with E-state index in [4.69, 9.17) is 23.9 Å². The Kier molecular flexibility index (Phi) is 6.08. The minimum Gasteiger partial charge on any atom is -0.493 e. The number of carbonyl (C=O) groups is 2. The van der Waals surface area contributed by atoms with E-state index < -0.39 is 11.4 Å². The van der Waals surface area contributed by atoms with Crippen molar-refractivity contribution >= 4 is 34.2 Å². The van der Waals surface area contributed by atoms with Gasteiger partial charge in [0.05, 0.1) is 45.9 Å². The number of benzene rings is 3. The van der Waals surface area contributed by atoms with E-state index in [1.54, 1.807) is 36.4 Å². The van der Waals surface area contributed by atoms with Crippen molar-refractivity contribution < 1.29 is 28.5 Å². The van der Waals surface area contributed by atoms with Crippen LogP contribution in [0.1, 0.15) is 12.2 Å². The third-order valence-electron chi connectivity index (χ3n) is 6.46. The standard InChI is InChI=1S/C27H26N4O6/c1-34-20-11-9-16(13-22(20)36-3)28-26(33)27(25-29-18-7-5-6-8-19(18)30-25)15-24(32)31(27)17-10-12-21(35-2)23(14-17)37-4/h5-14H,15H2,1-4H3,(H,28,33)(H,29,30). The lowest BCUT2D eigenvalue weighted by Gasteiger charge is -2.49. The molecule has 0 radical (unpaired) electrons. The van der Waals surface area contributed by atoms with Gasteiger partial charge in [-0.15, -0.1) is 0 Å². The molecule has 0 bridgehead atoms. The number of aromatic nitrogens is 2. The second-order valence-electron chi connectivity index (χ2n) is 8.43. The first kappa shape index (κ1) is 24.0. The molecule has 3 aromatic carbocycles. The smallest absolute Gasteiger partial charge is 0.259 e. The number of hydrogen-bond acceptors (Lipinski definition) is 7. The van der Waals surface area contributed by atoms with Crippen molar-refractivity contribution in [2.45, 2.75) is 12.0 Å². The maximum Gasteiger partial charge on any atom is 0.259 e. The van der Waals surface area contributed by atoms with Gasteiger partial charge >= 0.3 is 0 Å². The van der Waals surface area contributed by atoms with Gasteiger partial charge in [-0.25, -0.2) is 4.98 Å². The molecular weight excluding hydrogens is 476 g/mol. The zero-order valence-corrected chi connectivity index (χ0v) is 20.8. The van der Waals surface area contributed by atoms with Crippen molar-refractivity contribution in [3.05, 3.63) is 66.5 Å². The number of H-pyrrole nitrogens is 1. The normalized spacial score (nSPS) is 16.8. The molecule has 37 heavy (non-hydrogen) atoms. The van der Waals surface area contributed by atoms with Gasteiger partial charge in [-0.05, 0) is 36.4 Å². The highest BCUT2D eigenvalue weighted by molar-refractivity contribution is 6.17. The van der Waals surface area contributed by atoms with Gasteiger partial charge in [0.1, 0.15) is 5.82 Å². The van der Waals surface area contributed by atoms with Crippen LogP contribution >= 0.6 is 0 Å². The van der Waals surface area contributed by atoms with Crippen LogP contribution in [0.15, 0.2) is 60.7 Å². The zero-order valence-electron chi connectivity index (χ0n) is 20.8. The van der Waals surface area contributed by atoms with Crippen LogP contribution in [-0.2, 0) is 15.1 Å². The van der Waals surface area contributed by atoms with Gasteiger partial charge in [0.25, 0.3) is 5.91 Å². The molecule has 5 rings (SSSR count). The highest BCUT2D eigenvalue weighted by Crippen LogP contribution is 2.47. The number of methoxy groups -OCH3 is 4. The van der Waals surface area contributed by atoms with Crippen LogP contribution in [0, 0.1) is 0 Å². The van der Waals surface area contributed by atoms with E-state index in [1.807, 2.05) is 24.3 Å². The van der Waals surface area contributed by atoms with Crippen molar-refractivity contribution in [3.63, 3.8) is 0 Å². The summed E-state index contributed by atoms with van der Waals surface area (Å²) in [6.07, 6.45) is -0.0830. The summed E-state index contributed by atoms with van der Waals surface area (Å²) in [6.45, 7) is 0. The number of imidazole rings is 1. The SMILES string of the molecule is COc1ccc(NC(=O)C2(c3nc4ccccc4[nH]3)CC(=O)N2c2ccc(OC)c(OC)c2)cc1OC. The molecule has 1 fully saturated rings. The number of rotatable bonds is 8. The van der Waals surface area contributed by atoms with Gasteiger partial charge < -0.3 is 29.2 Å². The lowest BCUT2D eigenvalue weighted by Crippen LogP contribution is -2.67. The molecule has 1 unspecified atom stereocenters. The summed E-state index contributed by atoms with van der Waals surface area (Å²) in [5.74, 6) is 1.59. The first-order valence-corrected chi connectivity index (χ1v) is 11.5. The first-order chi connectivity index (χ1) is 17.9. The number of carbonyl (C=O) groups excluding carboxylic acids is 2. The van der Waals surface area contributed by atoms with E-state index in [0.29, 0.717) is 45.7 Å². The summed E-state index contributed by atoms with van der Waals surface area (Å²) in [6, 6.07) is 17.6. The van der Waals surface area contributed by atoms with Crippen LogP contribution in [-0.4, -0.2) is 50.2 Å². The van der Waals surface area contributed by atoms with E-state index in [1.165, 1.54) is 33.3 Å². The molecule has 1 aliphatic heterocycles. The maximum absolute atomic E-state index is 14.1. The Morgan fingerprint density at radius 3 is 2.19 bits per heavy atom. The number of hydrogen-bond donors (Lipinski definition) is 2. The molecule has 10 nitrogen and oxygen atoms in total. The number of nitrogens with one attached hydrogen (secondary N) is 2. The van der Waals surface area contributed by atoms with Crippen molar-refractivity contribution in [2.75, 3.05) is 38.7 Å². The summed E-state index contributed by atoms with van der Waals surface area (Å²) in [5.41, 5.74) is 0.939. The molecule has 1 aliphatic rings. The average molecular weight is 503 g/mol. The molecule has 0 aliphatic carbocycles. The molecule has 190 valence electrons. The van der Waals surface area contributed by atoms with Gasteiger partial charge in [-0.1, -0.05) is 12.1 Å². The fourth-order valence-corrected chi connectivity index (χ4v) is 4.60. The fourth-order valence-electron chi connectivity index (χ4n) is 4.60. The Labute approximate surface area is 213 Å². The van der Waals surface area contributed by atoms with Gasteiger partial charge in [-0.2, -0.15) is 0 Å². The van der Waals surface area contributed by atoms with E-state index in [2.05, 4.69) is 10.3 Å². The second-order valence-corrected chi connectivity index (χ2v) is 8.43. The molecule has 2 amide bonds. The Bertz CT molecular complexity index is 1470. The number of aromatic amines is 1. The van der Waals surface area contributed by atoms with Crippen molar-refractivity contribution in [1.29, 1.82) is 0 Å². The van der Waals surface area contributed by atoms with Crippen LogP contribution in [0.4, 0.5) is 11.4 Å². The molecule has 10 heteroatoms. The average Bonchev–Trinajstić information content (AvgIpc) is 3.35. The molecule has 4 aromatic rings. The zero-order chi connectivity index (χ0) is 26.2. The topological polar surface area (TPSA) is 115 Å². The van der Waals surface area contributed by atoms with Crippen LogP contribution in [0.25, 0.3) is 11.0 Å². The highest BCUT2D eigenvalue weighted by Gasteiger charge is 2.61. The Hall–Kier alpha value is -4.73. The molecule has 1 aromatic heterocycles. The predicted octanol–water partition coefficient (Wildman–Crippen LogP) is 3.87. The number of ether oxygens (including phenoxy) is 4. The molecular formula is C27H26N4O6. The summed E-state index contributed by atoms with van der Waals surface area (Å²) in [7, 11) is 6.09. The predicted molar refractivity (Wildman–Crippen MR) is 138 cm³/mol. The minimum absolute atomic E-state index is 0.0830. The summed E-state index contributed by atoms with van der Waals surface area (Å²) < 4.78 is 21.5. The van der Waals surface area contributed by atoms with E-state index in [9.17, 15) is 9.59 Å². The second kappa shape index (κ2) is 9.38. The summed E-state index contributed by atoms with van der Waals surface area (Å²) >= 11 is 0. The number of nitrogens with zero attached hydrogens (tertiary/aromatic N) is 2. The number of anilines is 2. The van der Waals surface area contributed by atoms with Gasteiger partial charge in [0.15, 0.2) is 28.5 Å². The summed E-state index contributed by atoms with van der Waals surface area (Å²) in [4.78, 5) is 36.6. The Morgan fingerprint density at radius 2 is 1.54 bits per heavy atom. The van der Waals surface area contributed by atoms with Gasteiger partial charge in [0, 0.05) is 23.5 Å². The molecule has 1 saturated heterocycles. The third kappa shape index (κ3) is 3.86. The number of β-lactam (4-membered cyclic amide) rings is 1. The number of fused-ring (bicyclic) bond motifs is 1. The Morgan fingerprint density at radius 1 is 0.892 bits per heavy atom.